The summed E-state index contributed by atoms with van der Waals surface area (Å²) in [5.74, 6) is -0.933. The fraction of sp³-hybridized carbons (Fsp3) is 0.593. The lowest BCUT2D eigenvalue weighted by molar-refractivity contribution is -0.133. The van der Waals surface area contributed by atoms with Crippen LogP contribution >= 0.6 is 0 Å². The summed E-state index contributed by atoms with van der Waals surface area (Å²) in [5, 5.41) is 6.47. The van der Waals surface area contributed by atoms with Gasteiger partial charge < -0.3 is 20.1 Å². The number of nitrogens with one attached hydrogen (secondary N) is 2. The molecule has 0 radical (unpaired) electrons. The molecule has 2 aliphatic rings. The Kier molecular flexibility index (Phi) is 7.20. The number of rotatable bonds is 6. The second-order valence-electron chi connectivity index (χ2n) is 10.7. The van der Waals surface area contributed by atoms with Crippen LogP contribution in [0.2, 0.25) is 0 Å². The highest BCUT2D eigenvalue weighted by Gasteiger charge is 2.49. The van der Waals surface area contributed by atoms with E-state index < -0.39 is 11.4 Å². The van der Waals surface area contributed by atoms with Crippen LogP contribution in [-0.4, -0.2) is 45.3 Å². The Morgan fingerprint density at radius 3 is 2.49 bits per heavy atom. The molecule has 2 heterocycles. The van der Waals surface area contributed by atoms with Gasteiger partial charge >= 0.3 is 0 Å². The van der Waals surface area contributed by atoms with Gasteiger partial charge in [-0.25, -0.2) is 4.39 Å². The highest BCUT2D eigenvalue weighted by molar-refractivity contribution is 6.14. The molecule has 1 saturated carbocycles. The van der Waals surface area contributed by atoms with E-state index in [4.69, 9.17) is 0 Å². The molecule has 0 unspecified atom stereocenters. The highest BCUT2D eigenvalue weighted by Crippen LogP contribution is 2.39. The lowest BCUT2D eigenvalue weighted by atomic mass is 9.92. The van der Waals surface area contributed by atoms with Gasteiger partial charge in [-0.1, -0.05) is 39.5 Å². The third-order valence-electron chi connectivity index (χ3n) is 7.45. The van der Waals surface area contributed by atoms with Crippen LogP contribution in [0.1, 0.15) is 83.1 Å². The number of nitrogens with zero attached hydrogens (tertiary/aromatic N) is 2. The van der Waals surface area contributed by atoms with Crippen molar-refractivity contribution < 1.29 is 18.8 Å². The average Bonchev–Trinajstić information content (AvgIpc) is 2.92. The zero-order valence-electron chi connectivity index (χ0n) is 21.2. The van der Waals surface area contributed by atoms with Crippen LogP contribution in [0.4, 0.5) is 10.1 Å². The van der Waals surface area contributed by atoms with Crippen LogP contribution in [-0.2, 0) is 16.1 Å². The molecule has 0 spiro atoms. The summed E-state index contributed by atoms with van der Waals surface area (Å²) in [6.45, 7) is 8.00. The summed E-state index contributed by atoms with van der Waals surface area (Å²) in [5.41, 5.74) is 0.108. The molecule has 7 nitrogen and oxygen atoms in total. The molecule has 35 heavy (non-hydrogen) atoms. The number of carbonyl (C=O) groups is 3. The number of halogens is 1. The van der Waals surface area contributed by atoms with Crippen LogP contribution in [0.3, 0.4) is 0 Å². The maximum absolute atomic E-state index is 14.2. The molecule has 190 valence electrons. The lowest BCUT2D eigenvalue weighted by Crippen LogP contribution is -2.65. The van der Waals surface area contributed by atoms with Crippen LogP contribution in [0, 0.1) is 11.7 Å². The van der Waals surface area contributed by atoms with E-state index in [0.29, 0.717) is 34.7 Å². The van der Waals surface area contributed by atoms with Gasteiger partial charge in [0, 0.05) is 24.9 Å². The van der Waals surface area contributed by atoms with Crippen molar-refractivity contribution in [1.82, 2.24) is 14.8 Å². The predicted molar refractivity (Wildman–Crippen MR) is 135 cm³/mol. The first-order valence-corrected chi connectivity index (χ1v) is 12.8. The maximum atomic E-state index is 14.2. The highest BCUT2D eigenvalue weighted by atomic mass is 19.1. The van der Waals surface area contributed by atoms with E-state index in [-0.39, 0.29) is 30.3 Å². The Morgan fingerprint density at radius 2 is 1.86 bits per heavy atom. The molecule has 1 fully saturated rings. The van der Waals surface area contributed by atoms with Crippen LogP contribution in [0.5, 0.6) is 0 Å². The molecule has 1 aliphatic heterocycles. The normalized spacial score (nSPS) is 21.2. The minimum Gasteiger partial charge on any atom is -0.351 e. The second kappa shape index (κ2) is 9.99. The minimum atomic E-state index is -1.11. The first-order valence-electron chi connectivity index (χ1n) is 12.8. The molecular weight excluding hydrogens is 447 g/mol. The molecule has 0 bridgehead atoms. The maximum Gasteiger partial charge on any atom is 0.273 e. The van der Waals surface area contributed by atoms with Crippen LogP contribution in [0.25, 0.3) is 10.9 Å². The average molecular weight is 485 g/mol. The van der Waals surface area contributed by atoms with E-state index in [1.54, 1.807) is 15.5 Å². The van der Waals surface area contributed by atoms with E-state index in [0.717, 1.165) is 32.1 Å². The van der Waals surface area contributed by atoms with E-state index in [1.165, 1.54) is 31.9 Å². The van der Waals surface area contributed by atoms with E-state index in [9.17, 15) is 18.8 Å². The topological polar surface area (TPSA) is 83.4 Å². The Hall–Kier alpha value is -2.90. The molecule has 1 aromatic heterocycles. The molecular formula is C27H37FN4O3. The molecule has 1 aliphatic carbocycles. The van der Waals surface area contributed by atoms with Crippen molar-refractivity contribution in [3.8, 4) is 0 Å². The number of carbonyl (C=O) groups excluding carboxylic acids is 3. The van der Waals surface area contributed by atoms with Gasteiger partial charge in [0.05, 0.1) is 17.7 Å². The number of anilines is 1. The quantitative estimate of drug-likeness (QED) is 0.576. The van der Waals surface area contributed by atoms with Crippen molar-refractivity contribution in [2.24, 2.45) is 5.92 Å². The molecule has 3 amide bonds. The monoisotopic (exact) mass is 484 g/mol. The van der Waals surface area contributed by atoms with Gasteiger partial charge in [0.2, 0.25) is 11.8 Å². The summed E-state index contributed by atoms with van der Waals surface area (Å²) < 4.78 is 16.0. The Bertz CT molecular complexity index is 1130. The summed E-state index contributed by atoms with van der Waals surface area (Å²) in [6.07, 6.45) is 7.19. The summed E-state index contributed by atoms with van der Waals surface area (Å²) >= 11 is 0. The molecule has 2 aromatic rings. The van der Waals surface area contributed by atoms with Crippen molar-refractivity contribution in [3.05, 3.63) is 29.7 Å². The second-order valence-corrected chi connectivity index (χ2v) is 10.7. The molecule has 8 heteroatoms. The minimum absolute atomic E-state index is 0.107. The number of benzene rings is 1. The lowest BCUT2D eigenvalue weighted by Gasteiger charge is -2.45. The number of aromatic nitrogens is 1. The van der Waals surface area contributed by atoms with Gasteiger partial charge in [-0.2, -0.15) is 0 Å². The number of amides is 3. The number of hydrogen-bond acceptors (Lipinski definition) is 3. The Balaban J connectivity index is 1.80. The summed E-state index contributed by atoms with van der Waals surface area (Å²) in [6, 6.07) is 4.39. The van der Waals surface area contributed by atoms with Crippen molar-refractivity contribution in [2.75, 3.05) is 11.9 Å². The summed E-state index contributed by atoms with van der Waals surface area (Å²) in [7, 11) is 0. The smallest absolute Gasteiger partial charge is 0.273 e. The largest absolute Gasteiger partial charge is 0.351 e. The van der Waals surface area contributed by atoms with Gasteiger partial charge in [-0.15, -0.1) is 0 Å². The Morgan fingerprint density at radius 1 is 1.17 bits per heavy atom. The molecule has 0 saturated heterocycles. The van der Waals surface area contributed by atoms with E-state index in [1.807, 2.05) is 6.92 Å². The van der Waals surface area contributed by atoms with Gasteiger partial charge in [-0.05, 0) is 50.3 Å². The molecule has 4 rings (SSSR count). The predicted octanol–water partition coefficient (Wildman–Crippen LogP) is 4.84. The standard InChI is InChI=1S/C27H37FN4O3/c1-17(2)13-14-32-25(34)24-23(29-18(3)33)21-15-19(28)11-12-22(21)31(24)16-27(32,4)26(35)30-20-9-7-5-6-8-10-20/h11-12,15,17,20H,5-10,13-14,16H2,1-4H3,(H,29,33)(H,30,35)/t27-/m1/s1. The van der Waals surface area contributed by atoms with E-state index in [2.05, 4.69) is 24.5 Å². The van der Waals surface area contributed by atoms with Gasteiger partial charge in [-0.3, -0.25) is 14.4 Å². The van der Waals surface area contributed by atoms with Crippen molar-refractivity contribution in [1.29, 1.82) is 0 Å². The first-order chi connectivity index (χ1) is 16.6. The molecule has 1 aromatic carbocycles. The van der Waals surface area contributed by atoms with Gasteiger partial charge in [0.25, 0.3) is 5.91 Å². The zero-order chi connectivity index (χ0) is 25.3. The van der Waals surface area contributed by atoms with E-state index >= 15 is 0 Å². The van der Waals surface area contributed by atoms with Crippen LogP contribution in [0.15, 0.2) is 18.2 Å². The first kappa shape index (κ1) is 25.2. The third kappa shape index (κ3) is 4.93. The fourth-order valence-corrected chi connectivity index (χ4v) is 5.46. The molecule has 1 atom stereocenters. The molecule has 2 N–H and O–H groups in total. The number of hydrogen-bond donors (Lipinski definition) is 2. The number of fused-ring (bicyclic) bond motifs is 3. The fourth-order valence-electron chi connectivity index (χ4n) is 5.46. The van der Waals surface area contributed by atoms with Crippen molar-refractivity contribution >= 4 is 34.3 Å². The third-order valence-corrected chi connectivity index (χ3v) is 7.45. The zero-order valence-corrected chi connectivity index (χ0v) is 21.2. The summed E-state index contributed by atoms with van der Waals surface area (Å²) in [4.78, 5) is 41.5. The van der Waals surface area contributed by atoms with Crippen LogP contribution < -0.4 is 10.6 Å². The van der Waals surface area contributed by atoms with Gasteiger partial charge in [0.1, 0.15) is 17.1 Å². The van der Waals surface area contributed by atoms with Gasteiger partial charge in [0.15, 0.2) is 0 Å². The van der Waals surface area contributed by atoms with Crippen molar-refractivity contribution in [2.45, 2.75) is 90.8 Å². The van der Waals surface area contributed by atoms with Crippen molar-refractivity contribution in [3.63, 3.8) is 0 Å². The SMILES string of the molecule is CC(=O)Nc1c2n(c3ccc(F)cc13)C[C@](C)(C(=O)NC1CCCCCC1)N(CCC(C)C)C2=O. The Labute approximate surface area is 206 Å².